The van der Waals surface area contributed by atoms with Gasteiger partial charge in [-0.1, -0.05) is 18.2 Å². The van der Waals surface area contributed by atoms with Crippen molar-refractivity contribution in [2.24, 2.45) is 5.73 Å². The third-order valence-corrected chi connectivity index (χ3v) is 2.13. The largest absolute Gasteiger partial charge is 0.491 e. The van der Waals surface area contributed by atoms with Crippen LogP contribution in [0.1, 0.15) is 31.9 Å². The molecule has 0 aliphatic rings. The van der Waals surface area contributed by atoms with Gasteiger partial charge in [-0.25, -0.2) is 0 Å². The lowest BCUT2D eigenvalue weighted by Gasteiger charge is -2.19. The molecule has 1 atom stereocenters. The van der Waals surface area contributed by atoms with Gasteiger partial charge in [-0.15, -0.1) is 0 Å². The summed E-state index contributed by atoms with van der Waals surface area (Å²) in [6.07, 6.45) is -5.43. The molecule has 0 aromatic heterocycles. The normalized spacial score (nSPS) is 13.8. The summed E-state index contributed by atoms with van der Waals surface area (Å²) in [4.78, 5) is 0. The van der Waals surface area contributed by atoms with Gasteiger partial charge in [-0.2, -0.15) is 13.2 Å². The van der Waals surface area contributed by atoms with Crippen molar-refractivity contribution in [3.05, 3.63) is 29.8 Å². The highest BCUT2D eigenvalue weighted by Gasteiger charge is 2.31. The lowest BCUT2D eigenvalue weighted by molar-refractivity contribution is -0.138. The molecule has 0 saturated heterocycles. The number of halogens is 3. The second-order valence-corrected chi connectivity index (χ2v) is 4.13. The van der Waals surface area contributed by atoms with Crippen LogP contribution in [0.2, 0.25) is 0 Å². The van der Waals surface area contributed by atoms with Crippen molar-refractivity contribution in [3.63, 3.8) is 0 Å². The number of hydrogen-bond acceptors (Lipinski definition) is 2. The molecule has 0 bridgehead atoms. The lowest BCUT2D eigenvalue weighted by atomic mass is 10.0. The van der Waals surface area contributed by atoms with Gasteiger partial charge in [-0.3, -0.25) is 0 Å². The van der Waals surface area contributed by atoms with Gasteiger partial charge in [0.05, 0.1) is 12.5 Å². The third kappa shape index (κ3) is 4.65. The summed E-state index contributed by atoms with van der Waals surface area (Å²) in [7, 11) is 0. The number of para-hydroxylation sites is 1. The van der Waals surface area contributed by atoms with Crippen molar-refractivity contribution in [3.8, 4) is 5.75 Å². The maximum absolute atomic E-state index is 12.3. The number of hydrogen-bond donors (Lipinski definition) is 1. The van der Waals surface area contributed by atoms with Gasteiger partial charge in [0, 0.05) is 11.6 Å². The Hall–Kier alpha value is -1.23. The van der Waals surface area contributed by atoms with E-state index in [0.29, 0.717) is 11.3 Å². The molecule has 0 saturated carbocycles. The summed E-state index contributed by atoms with van der Waals surface area (Å²) in [6, 6.07) is 5.46. The number of benzene rings is 1. The first-order valence-corrected chi connectivity index (χ1v) is 5.37. The molecule has 0 radical (unpaired) electrons. The van der Waals surface area contributed by atoms with Gasteiger partial charge in [0.2, 0.25) is 0 Å². The second kappa shape index (κ2) is 5.40. The molecule has 0 unspecified atom stereocenters. The zero-order valence-corrected chi connectivity index (χ0v) is 9.79. The first kappa shape index (κ1) is 13.8. The topological polar surface area (TPSA) is 35.2 Å². The summed E-state index contributed by atoms with van der Waals surface area (Å²) in [5.41, 5.74) is 5.95. The molecule has 1 aromatic carbocycles. The summed E-state index contributed by atoms with van der Waals surface area (Å²) in [6.45, 7) is 3.62. The molecule has 0 fully saturated rings. The van der Waals surface area contributed by atoms with Crippen LogP contribution in [0.3, 0.4) is 0 Å². The highest BCUT2D eigenvalue weighted by Crippen LogP contribution is 2.32. The van der Waals surface area contributed by atoms with Gasteiger partial charge < -0.3 is 10.5 Å². The van der Waals surface area contributed by atoms with Gasteiger partial charge in [-0.05, 0) is 19.9 Å². The van der Waals surface area contributed by atoms with Crippen molar-refractivity contribution in [2.45, 2.75) is 38.6 Å². The molecule has 2 N–H and O–H groups in total. The predicted molar refractivity (Wildman–Crippen MR) is 59.8 cm³/mol. The Balaban J connectivity index is 2.88. The zero-order valence-electron chi connectivity index (χ0n) is 9.79. The number of ether oxygens (including phenoxy) is 1. The average molecular weight is 247 g/mol. The summed E-state index contributed by atoms with van der Waals surface area (Å²) in [5.74, 6) is 0.416. The molecular formula is C12H16F3NO. The van der Waals surface area contributed by atoms with Crippen molar-refractivity contribution in [1.82, 2.24) is 0 Å². The Morgan fingerprint density at radius 1 is 1.24 bits per heavy atom. The van der Waals surface area contributed by atoms with Crippen LogP contribution < -0.4 is 10.5 Å². The van der Waals surface area contributed by atoms with E-state index in [1.165, 1.54) is 0 Å². The van der Waals surface area contributed by atoms with Crippen molar-refractivity contribution in [1.29, 1.82) is 0 Å². The highest BCUT2D eigenvalue weighted by atomic mass is 19.4. The van der Waals surface area contributed by atoms with Gasteiger partial charge in [0.25, 0.3) is 0 Å². The van der Waals surface area contributed by atoms with E-state index in [2.05, 4.69) is 0 Å². The first-order chi connectivity index (χ1) is 7.79. The van der Waals surface area contributed by atoms with Crippen LogP contribution in [0.4, 0.5) is 13.2 Å². The molecule has 0 aliphatic carbocycles. The quantitative estimate of drug-likeness (QED) is 0.884. The Bertz CT molecular complexity index is 363. The lowest BCUT2D eigenvalue weighted by Crippen LogP contribution is -2.21. The first-order valence-electron chi connectivity index (χ1n) is 5.37. The molecule has 2 nitrogen and oxygen atoms in total. The Morgan fingerprint density at radius 2 is 1.82 bits per heavy atom. The van der Waals surface area contributed by atoms with E-state index < -0.39 is 18.6 Å². The van der Waals surface area contributed by atoms with Crippen molar-refractivity contribution >= 4 is 0 Å². The van der Waals surface area contributed by atoms with E-state index >= 15 is 0 Å². The fourth-order valence-electron chi connectivity index (χ4n) is 1.51. The maximum atomic E-state index is 12.3. The second-order valence-electron chi connectivity index (χ2n) is 4.13. The minimum Gasteiger partial charge on any atom is -0.491 e. The van der Waals surface area contributed by atoms with E-state index in [9.17, 15) is 13.2 Å². The summed E-state index contributed by atoms with van der Waals surface area (Å²) < 4.78 is 42.2. The molecule has 0 spiro atoms. The van der Waals surface area contributed by atoms with Crippen molar-refractivity contribution in [2.75, 3.05) is 0 Å². The van der Waals surface area contributed by atoms with E-state index in [1.54, 1.807) is 24.3 Å². The smallest absolute Gasteiger partial charge is 0.390 e. The van der Waals surface area contributed by atoms with Gasteiger partial charge in [0.15, 0.2) is 0 Å². The summed E-state index contributed by atoms with van der Waals surface area (Å²) in [5, 5.41) is 0. The van der Waals surface area contributed by atoms with Crippen LogP contribution in [0, 0.1) is 0 Å². The van der Waals surface area contributed by atoms with Crippen molar-refractivity contribution < 1.29 is 17.9 Å². The van der Waals surface area contributed by atoms with E-state index in [0.717, 1.165) is 0 Å². The SMILES string of the molecule is CC(C)Oc1ccccc1[C@H](N)CC(F)(F)F. The average Bonchev–Trinajstić information content (AvgIpc) is 2.14. The fourth-order valence-corrected chi connectivity index (χ4v) is 1.51. The Kier molecular flexibility index (Phi) is 4.40. The van der Waals surface area contributed by atoms with Gasteiger partial charge in [0.1, 0.15) is 5.75 Å². The molecular weight excluding hydrogens is 231 g/mol. The van der Waals surface area contributed by atoms with E-state index in [4.69, 9.17) is 10.5 Å². The fraction of sp³-hybridized carbons (Fsp3) is 0.500. The predicted octanol–water partition coefficient (Wildman–Crippen LogP) is 3.43. The standard InChI is InChI=1S/C12H16F3NO/c1-8(2)17-11-6-4-3-5-9(11)10(16)7-12(13,14)15/h3-6,8,10H,7,16H2,1-2H3/t10-/m1/s1. The number of alkyl halides is 3. The van der Waals surface area contributed by atoms with E-state index in [-0.39, 0.29) is 6.10 Å². The molecule has 1 rings (SSSR count). The molecule has 96 valence electrons. The minimum absolute atomic E-state index is 0.103. The van der Waals surface area contributed by atoms with Crippen LogP contribution in [0.25, 0.3) is 0 Å². The molecule has 17 heavy (non-hydrogen) atoms. The van der Waals surface area contributed by atoms with Crippen LogP contribution in [0.5, 0.6) is 5.75 Å². The molecule has 0 amide bonds. The van der Waals surface area contributed by atoms with E-state index in [1.807, 2.05) is 13.8 Å². The minimum atomic E-state index is -4.27. The highest BCUT2D eigenvalue weighted by molar-refractivity contribution is 5.36. The Labute approximate surface area is 98.6 Å². The third-order valence-electron chi connectivity index (χ3n) is 2.13. The number of nitrogens with two attached hydrogens (primary N) is 1. The Morgan fingerprint density at radius 3 is 2.35 bits per heavy atom. The van der Waals surface area contributed by atoms with Crippen LogP contribution in [0.15, 0.2) is 24.3 Å². The number of rotatable bonds is 4. The maximum Gasteiger partial charge on any atom is 0.390 e. The monoisotopic (exact) mass is 247 g/mol. The van der Waals surface area contributed by atoms with Gasteiger partial charge >= 0.3 is 6.18 Å². The zero-order chi connectivity index (χ0) is 13.1. The summed E-state index contributed by atoms with van der Waals surface area (Å²) >= 11 is 0. The molecule has 0 aliphatic heterocycles. The molecule has 0 heterocycles. The van der Waals surface area contributed by atoms with Crippen LogP contribution in [-0.2, 0) is 0 Å². The molecule has 5 heteroatoms. The van der Waals surface area contributed by atoms with Crippen LogP contribution >= 0.6 is 0 Å². The molecule has 1 aromatic rings. The van der Waals surface area contributed by atoms with Crippen LogP contribution in [-0.4, -0.2) is 12.3 Å².